The molecule has 27 heavy (non-hydrogen) atoms. The Bertz CT molecular complexity index is 851. The third-order valence-corrected chi connectivity index (χ3v) is 5.34. The van der Waals surface area contributed by atoms with Crippen molar-refractivity contribution in [3.63, 3.8) is 0 Å². The summed E-state index contributed by atoms with van der Waals surface area (Å²) in [5.41, 5.74) is 4.11. The highest BCUT2D eigenvalue weighted by molar-refractivity contribution is 5.53. The standard InChI is InChI=1S/C21H25NO5/c1-22-7-6-14-9-19-20(27-12-26-19)10-15(14)17(23)8-13-4-5-18(24-2)21(25-3)16(13)11-22/h4-5,9-10,17,23H,6-8,11-12H2,1-3H3/t17-/m0/s1. The average Bonchev–Trinajstić information content (AvgIpc) is 3.13. The van der Waals surface area contributed by atoms with Gasteiger partial charge in [-0.25, -0.2) is 0 Å². The average molecular weight is 371 g/mol. The third kappa shape index (κ3) is 3.31. The molecule has 0 fully saturated rings. The number of aliphatic hydroxyl groups excluding tert-OH is 1. The van der Waals surface area contributed by atoms with Gasteiger partial charge in [-0.3, -0.25) is 0 Å². The second kappa shape index (κ2) is 7.29. The second-order valence-corrected chi connectivity index (χ2v) is 7.05. The van der Waals surface area contributed by atoms with Gasteiger partial charge >= 0.3 is 0 Å². The van der Waals surface area contributed by atoms with Gasteiger partial charge in [0.25, 0.3) is 0 Å². The fraction of sp³-hybridized carbons (Fsp3) is 0.429. The van der Waals surface area contributed by atoms with E-state index in [9.17, 15) is 5.11 Å². The maximum absolute atomic E-state index is 11.0. The molecular weight excluding hydrogens is 346 g/mol. The van der Waals surface area contributed by atoms with E-state index in [-0.39, 0.29) is 6.79 Å². The molecule has 0 saturated heterocycles. The maximum Gasteiger partial charge on any atom is 0.231 e. The van der Waals surface area contributed by atoms with E-state index in [1.807, 2.05) is 24.3 Å². The number of rotatable bonds is 2. The molecular formula is C21H25NO5. The number of benzene rings is 2. The first kappa shape index (κ1) is 17.9. The van der Waals surface area contributed by atoms with Crippen LogP contribution in [0.2, 0.25) is 0 Å². The number of hydrogen-bond donors (Lipinski definition) is 1. The number of nitrogens with zero attached hydrogens (tertiary/aromatic N) is 1. The minimum Gasteiger partial charge on any atom is -0.493 e. The van der Waals surface area contributed by atoms with Crippen LogP contribution in [-0.2, 0) is 19.4 Å². The van der Waals surface area contributed by atoms with Gasteiger partial charge in [0.15, 0.2) is 23.0 Å². The molecule has 0 unspecified atom stereocenters. The van der Waals surface area contributed by atoms with Gasteiger partial charge in [0.1, 0.15) is 0 Å². The summed E-state index contributed by atoms with van der Waals surface area (Å²) in [5, 5.41) is 11.0. The van der Waals surface area contributed by atoms with Gasteiger partial charge in [0, 0.05) is 25.1 Å². The smallest absolute Gasteiger partial charge is 0.231 e. The Kier molecular flexibility index (Phi) is 4.85. The highest BCUT2D eigenvalue weighted by atomic mass is 16.7. The third-order valence-electron chi connectivity index (χ3n) is 5.34. The monoisotopic (exact) mass is 371 g/mol. The Morgan fingerprint density at radius 2 is 1.85 bits per heavy atom. The van der Waals surface area contributed by atoms with Gasteiger partial charge in [0.05, 0.1) is 20.3 Å². The SMILES string of the molecule is COc1ccc2c(c1OC)CN(C)CCc1cc3c(cc1[C@@H](O)C2)OCO3. The van der Waals surface area contributed by atoms with E-state index in [1.165, 1.54) is 0 Å². The van der Waals surface area contributed by atoms with E-state index in [1.54, 1.807) is 14.2 Å². The van der Waals surface area contributed by atoms with E-state index in [0.717, 1.165) is 53.3 Å². The van der Waals surface area contributed by atoms with E-state index in [2.05, 4.69) is 11.9 Å². The number of aliphatic hydroxyl groups is 1. The van der Waals surface area contributed by atoms with Gasteiger partial charge in [0.2, 0.25) is 6.79 Å². The number of ether oxygens (including phenoxy) is 4. The van der Waals surface area contributed by atoms with Crippen LogP contribution in [0.3, 0.4) is 0 Å². The van der Waals surface area contributed by atoms with Gasteiger partial charge < -0.3 is 29.0 Å². The minimum absolute atomic E-state index is 0.230. The zero-order chi connectivity index (χ0) is 19.0. The minimum atomic E-state index is -0.630. The Morgan fingerprint density at radius 3 is 2.59 bits per heavy atom. The Balaban J connectivity index is 1.79. The van der Waals surface area contributed by atoms with Crippen LogP contribution < -0.4 is 18.9 Å². The van der Waals surface area contributed by atoms with Crippen LogP contribution in [0.15, 0.2) is 24.3 Å². The van der Waals surface area contributed by atoms with Crippen molar-refractivity contribution >= 4 is 0 Å². The summed E-state index contributed by atoms with van der Waals surface area (Å²) in [4.78, 5) is 2.26. The Hall–Kier alpha value is -2.44. The lowest BCUT2D eigenvalue weighted by molar-refractivity contribution is 0.170. The Morgan fingerprint density at radius 1 is 1.07 bits per heavy atom. The first-order valence-corrected chi connectivity index (χ1v) is 9.12. The van der Waals surface area contributed by atoms with Crippen molar-refractivity contribution in [2.45, 2.75) is 25.5 Å². The first-order valence-electron chi connectivity index (χ1n) is 9.12. The van der Waals surface area contributed by atoms with Gasteiger partial charge in [-0.05, 0) is 48.4 Å². The van der Waals surface area contributed by atoms with E-state index >= 15 is 0 Å². The van der Waals surface area contributed by atoms with Crippen molar-refractivity contribution in [3.05, 3.63) is 46.5 Å². The molecule has 6 heteroatoms. The maximum atomic E-state index is 11.0. The summed E-state index contributed by atoms with van der Waals surface area (Å²) >= 11 is 0. The predicted octanol–water partition coefficient (Wildman–Crippen LogP) is 2.70. The molecule has 2 heterocycles. The highest BCUT2D eigenvalue weighted by Crippen LogP contribution is 2.40. The summed E-state index contributed by atoms with van der Waals surface area (Å²) in [6.45, 7) is 1.80. The molecule has 2 aromatic rings. The molecule has 144 valence electrons. The van der Waals surface area contributed by atoms with Crippen LogP contribution >= 0.6 is 0 Å². The fourth-order valence-electron chi connectivity index (χ4n) is 3.90. The molecule has 1 N–H and O–H groups in total. The largest absolute Gasteiger partial charge is 0.493 e. The van der Waals surface area contributed by atoms with Crippen LogP contribution in [0.1, 0.15) is 28.4 Å². The molecule has 0 amide bonds. The van der Waals surface area contributed by atoms with Crippen LogP contribution in [-0.4, -0.2) is 44.6 Å². The summed E-state index contributed by atoms with van der Waals surface area (Å²) < 4.78 is 22.1. The molecule has 0 bridgehead atoms. The van der Waals surface area contributed by atoms with Crippen molar-refractivity contribution < 1.29 is 24.1 Å². The van der Waals surface area contributed by atoms with Crippen LogP contribution in [0.4, 0.5) is 0 Å². The highest BCUT2D eigenvalue weighted by Gasteiger charge is 2.25. The van der Waals surface area contributed by atoms with Crippen molar-refractivity contribution in [1.29, 1.82) is 0 Å². The topological polar surface area (TPSA) is 60.4 Å². The molecule has 2 aliphatic heterocycles. The van der Waals surface area contributed by atoms with E-state index < -0.39 is 6.10 Å². The molecule has 0 aromatic heterocycles. The van der Waals surface area contributed by atoms with Gasteiger partial charge in [-0.2, -0.15) is 0 Å². The normalized spacial score (nSPS) is 19.2. The van der Waals surface area contributed by atoms with Crippen molar-refractivity contribution in [3.8, 4) is 23.0 Å². The quantitative estimate of drug-likeness (QED) is 0.876. The zero-order valence-corrected chi connectivity index (χ0v) is 15.9. The Labute approximate surface area is 159 Å². The molecule has 0 saturated carbocycles. The molecule has 6 nitrogen and oxygen atoms in total. The number of likely N-dealkylation sites (N-methyl/N-ethyl adjacent to an activating group) is 1. The van der Waals surface area contributed by atoms with Gasteiger partial charge in [-0.1, -0.05) is 6.07 Å². The van der Waals surface area contributed by atoms with E-state index in [0.29, 0.717) is 17.9 Å². The predicted molar refractivity (Wildman–Crippen MR) is 101 cm³/mol. The molecule has 2 aliphatic rings. The van der Waals surface area contributed by atoms with E-state index in [4.69, 9.17) is 18.9 Å². The van der Waals surface area contributed by atoms with Crippen molar-refractivity contribution in [1.82, 2.24) is 4.90 Å². The number of fused-ring (bicyclic) bond motifs is 3. The lowest BCUT2D eigenvalue weighted by atomic mass is 9.91. The summed E-state index contributed by atoms with van der Waals surface area (Å²) in [6, 6.07) is 7.84. The summed E-state index contributed by atoms with van der Waals surface area (Å²) in [6.07, 6.45) is 0.687. The molecule has 4 rings (SSSR count). The van der Waals surface area contributed by atoms with Crippen LogP contribution in [0.5, 0.6) is 23.0 Å². The summed E-state index contributed by atoms with van der Waals surface area (Å²) in [7, 11) is 5.39. The molecule has 0 radical (unpaired) electrons. The lowest BCUT2D eigenvalue weighted by Crippen LogP contribution is -2.24. The fourth-order valence-corrected chi connectivity index (χ4v) is 3.90. The van der Waals surface area contributed by atoms with Crippen molar-refractivity contribution in [2.75, 3.05) is 34.6 Å². The van der Waals surface area contributed by atoms with Crippen LogP contribution in [0.25, 0.3) is 0 Å². The molecule has 0 aliphatic carbocycles. The second-order valence-electron chi connectivity index (χ2n) is 7.05. The first-order chi connectivity index (χ1) is 13.1. The number of hydrogen-bond acceptors (Lipinski definition) is 6. The number of methoxy groups -OCH3 is 2. The lowest BCUT2D eigenvalue weighted by Gasteiger charge is -2.26. The molecule has 0 spiro atoms. The van der Waals surface area contributed by atoms with Gasteiger partial charge in [-0.15, -0.1) is 0 Å². The van der Waals surface area contributed by atoms with Crippen molar-refractivity contribution in [2.24, 2.45) is 0 Å². The molecule has 1 atom stereocenters. The zero-order valence-electron chi connectivity index (χ0n) is 15.9. The van der Waals surface area contributed by atoms with Crippen LogP contribution in [0, 0.1) is 0 Å². The summed E-state index contributed by atoms with van der Waals surface area (Å²) in [5.74, 6) is 2.90. The molecule has 2 aromatic carbocycles.